The molecule has 2 aromatic carbocycles. The minimum Gasteiger partial charge on any atom is -0.494 e. The molecule has 2 aromatic rings. The molecule has 1 unspecified atom stereocenters. The molecule has 3 rings (SSSR count). The van der Waals surface area contributed by atoms with E-state index >= 15 is 0 Å². The second-order valence-corrected chi connectivity index (χ2v) is 9.75. The molecule has 0 aromatic heterocycles. The molecule has 1 saturated carbocycles. The van der Waals surface area contributed by atoms with Crippen molar-refractivity contribution in [2.45, 2.75) is 66.2 Å². The van der Waals surface area contributed by atoms with Crippen molar-refractivity contribution in [2.24, 2.45) is 23.7 Å². The van der Waals surface area contributed by atoms with Crippen LogP contribution in [0.1, 0.15) is 71.8 Å². The van der Waals surface area contributed by atoms with Gasteiger partial charge in [-0.1, -0.05) is 95.5 Å². The van der Waals surface area contributed by atoms with Crippen LogP contribution in [0, 0.1) is 23.7 Å². The normalized spacial score (nSPS) is 21.4. The summed E-state index contributed by atoms with van der Waals surface area (Å²) in [6.07, 6.45) is 11.3. The molecule has 2 heteroatoms. The number of hydrogen-bond donors (Lipinski definition) is 0. The minimum atomic E-state index is 0.0466. The van der Waals surface area contributed by atoms with Gasteiger partial charge >= 0.3 is 0 Å². The smallest absolute Gasteiger partial charge is 0.143 e. The van der Waals surface area contributed by atoms with Crippen LogP contribution in [0.5, 0.6) is 5.75 Å². The van der Waals surface area contributed by atoms with Gasteiger partial charge in [0.25, 0.3) is 0 Å². The zero-order valence-electron chi connectivity index (χ0n) is 20.3. The van der Waals surface area contributed by atoms with Gasteiger partial charge in [-0.15, -0.1) is 0 Å². The van der Waals surface area contributed by atoms with Crippen molar-refractivity contribution in [3.63, 3.8) is 0 Å². The molecule has 0 radical (unpaired) electrons. The van der Waals surface area contributed by atoms with Gasteiger partial charge in [0.2, 0.25) is 0 Å². The Morgan fingerprint density at radius 3 is 2.22 bits per heavy atom. The van der Waals surface area contributed by atoms with Gasteiger partial charge in [0.15, 0.2) is 0 Å². The third kappa shape index (κ3) is 6.58. The standard InChI is InChI=1S/C30H40O2/c1-5-6-7-8-21-32-27-17-15-26(16-18-27)25-13-10-24(11-14-25)12-20-29-23(4)9-19-28(22(2)3)30(29)31/h10-18,20,22-23,28-29H,5-9,19,21H2,1-4H3/b20-12+/t23-,28-,29?/m1/s1. The number of ether oxygens (including phenoxy) is 1. The van der Waals surface area contributed by atoms with Gasteiger partial charge in [0.1, 0.15) is 11.5 Å². The molecule has 0 amide bonds. The number of allylic oxidation sites excluding steroid dienone is 1. The molecule has 172 valence electrons. The van der Waals surface area contributed by atoms with Gasteiger partial charge in [-0.25, -0.2) is 0 Å². The first-order valence-corrected chi connectivity index (χ1v) is 12.5. The Morgan fingerprint density at radius 1 is 0.938 bits per heavy atom. The van der Waals surface area contributed by atoms with Crippen molar-refractivity contribution >= 4 is 11.9 Å². The highest BCUT2D eigenvalue weighted by Crippen LogP contribution is 2.35. The lowest BCUT2D eigenvalue weighted by atomic mass is 9.70. The molecular weight excluding hydrogens is 392 g/mol. The minimum absolute atomic E-state index is 0.0466. The number of carbonyl (C=O) groups is 1. The Morgan fingerprint density at radius 2 is 1.59 bits per heavy atom. The van der Waals surface area contributed by atoms with Crippen LogP contribution in [-0.4, -0.2) is 12.4 Å². The van der Waals surface area contributed by atoms with Gasteiger partial charge in [-0.3, -0.25) is 4.79 Å². The Hall–Kier alpha value is -2.35. The Kier molecular flexibility index (Phi) is 9.14. The molecule has 1 aliphatic rings. The number of carbonyl (C=O) groups excluding carboxylic acids is 1. The first-order valence-electron chi connectivity index (χ1n) is 12.5. The van der Waals surface area contributed by atoms with E-state index in [4.69, 9.17) is 4.74 Å². The molecule has 0 spiro atoms. The van der Waals surface area contributed by atoms with Crippen LogP contribution >= 0.6 is 0 Å². The molecule has 0 N–H and O–H groups in total. The molecule has 32 heavy (non-hydrogen) atoms. The topological polar surface area (TPSA) is 26.3 Å². The van der Waals surface area contributed by atoms with E-state index in [0.717, 1.165) is 37.2 Å². The summed E-state index contributed by atoms with van der Waals surface area (Å²) in [4.78, 5) is 12.9. The van der Waals surface area contributed by atoms with Crippen LogP contribution in [0.3, 0.4) is 0 Å². The maximum Gasteiger partial charge on any atom is 0.143 e. The SMILES string of the molecule is CCCCCCOc1ccc(-c2ccc(/C=C/C3C(=O)[C@@H](C(C)C)CC[C@H]3C)cc2)cc1. The van der Waals surface area contributed by atoms with E-state index in [1.54, 1.807) is 0 Å². The molecule has 0 saturated heterocycles. The largest absolute Gasteiger partial charge is 0.494 e. The van der Waals surface area contributed by atoms with Crippen LogP contribution in [-0.2, 0) is 4.79 Å². The summed E-state index contributed by atoms with van der Waals surface area (Å²) >= 11 is 0. The number of hydrogen-bond acceptors (Lipinski definition) is 2. The molecule has 0 bridgehead atoms. The number of unbranched alkanes of at least 4 members (excludes halogenated alkanes) is 3. The van der Waals surface area contributed by atoms with E-state index < -0.39 is 0 Å². The molecule has 2 nitrogen and oxygen atoms in total. The summed E-state index contributed by atoms with van der Waals surface area (Å²) in [7, 11) is 0. The average molecular weight is 433 g/mol. The lowest BCUT2D eigenvalue weighted by Crippen LogP contribution is -2.35. The fourth-order valence-corrected chi connectivity index (χ4v) is 4.70. The van der Waals surface area contributed by atoms with Gasteiger partial charge in [-0.05, 0) is 59.9 Å². The predicted octanol–water partition coefficient (Wildman–Crippen LogP) is 8.21. The van der Waals surface area contributed by atoms with Crippen LogP contribution in [0.2, 0.25) is 0 Å². The van der Waals surface area contributed by atoms with Crippen LogP contribution < -0.4 is 4.74 Å². The number of rotatable bonds is 10. The molecule has 1 aliphatic carbocycles. The zero-order chi connectivity index (χ0) is 22.9. The van der Waals surface area contributed by atoms with E-state index in [1.807, 2.05) is 0 Å². The van der Waals surface area contributed by atoms with Crippen LogP contribution in [0.15, 0.2) is 54.6 Å². The molecular formula is C30H40O2. The summed E-state index contributed by atoms with van der Waals surface area (Å²) < 4.78 is 5.85. The van der Waals surface area contributed by atoms with E-state index in [1.165, 1.54) is 30.4 Å². The maximum absolute atomic E-state index is 12.9. The second-order valence-electron chi connectivity index (χ2n) is 9.75. The highest BCUT2D eigenvalue weighted by Gasteiger charge is 2.35. The van der Waals surface area contributed by atoms with Gasteiger partial charge < -0.3 is 4.74 Å². The maximum atomic E-state index is 12.9. The van der Waals surface area contributed by atoms with E-state index in [-0.39, 0.29) is 11.8 Å². The first-order chi connectivity index (χ1) is 15.5. The van der Waals surface area contributed by atoms with Crippen molar-refractivity contribution < 1.29 is 9.53 Å². The monoisotopic (exact) mass is 432 g/mol. The van der Waals surface area contributed by atoms with Gasteiger partial charge in [0, 0.05) is 11.8 Å². The predicted molar refractivity (Wildman–Crippen MR) is 136 cm³/mol. The molecule has 1 fully saturated rings. The summed E-state index contributed by atoms with van der Waals surface area (Å²) in [5.41, 5.74) is 3.53. The summed E-state index contributed by atoms with van der Waals surface area (Å²) in [6.45, 7) is 9.57. The van der Waals surface area contributed by atoms with E-state index in [2.05, 4.69) is 88.4 Å². The fourth-order valence-electron chi connectivity index (χ4n) is 4.70. The fraction of sp³-hybridized carbons (Fsp3) is 0.500. The van der Waals surface area contributed by atoms with Gasteiger partial charge in [-0.2, -0.15) is 0 Å². The van der Waals surface area contributed by atoms with Crippen molar-refractivity contribution in [3.05, 3.63) is 60.2 Å². The summed E-state index contributed by atoms with van der Waals surface area (Å²) in [5, 5.41) is 0. The number of benzene rings is 2. The first kappa shape index (κ1) is 24.3. The van der Waals surface area contributed by atoms with E-state index in [9.17, 15) is 4.79 Å². The highest BCUT2D eigenvalue weighted by molar-refractivity contribution is 5.87. The van der Waals surface area contributed by atoms with E-state index in [0.29, 0.717) is 17.6 Å². The van der Waals surface area contributed by atoms with Gasteiger partial charge in [0.05, 0.1) is 6.61 Å². The summed E-state index contributed by atoms with van der Waals surface area (Å²) in [6, 6.07) is 17.0. The summed E-state index contributed by atoms with van der Waals surface area (Å²) in [5.74, 6) is 2.50. The molecule has 0 heterocycles. The molecule has 3 atom stereocenters. The van der Waals surface area contributed by atoms with Crippen molar-refractivity contribution in [1.82, 2.24) is 0 Å². The zero-order valence-corrected chi connectivity index (χ0v) is 20.3. The number of ketones is 1. The third-order valence-corrected chi connectivity index (χ3v) is 6.91. The van der Waals surface area contributed by atoms with Crippen LogP contribution in [0.25, 0.3) is 17.2 Å². The Labute approximate surface area is 195 Å². The average Bonchev–Trinajstić information content (AvgIpc) is 2.79. The quantitative estimate of drug-likeness (QED) is 0.354. The lowest BCUT2D eigenvalue weighted by molar-refractivity contribution is -0.130. The second kappa shape index (κ2) is 12.0. The van der Waals surface area contributed by atoms with Crippen molar-refractivity contribution in [2.75, 3.05) is 6.61 Å². The van der Waals surface area contributed by atoms with Crippen molar-refractivity contribution in [3.8, 4) is 16.9 Å². The highest BCUT2D eigenvalue weighted by atomic mass is 16.5. The van der Waals surface area contributed by atoms with Crippen molar-refractivity contribution in [1.29, 1.82) is 0 Å². The number of Topliss-reactive ketones (excluding diaryl/α,β-unsaturated/α-hetero) is 1. The van der Waals surface area contributed by atoms with Crippen LogP contribution in [0.4, 0.5) is 0 Å². The Bertz CT molecular complexity index is 861. The lowest BCUT2D eigenvalue weighted by Gasteiger charge is -2.33. The molecule has 0 aliphatic heterocycles. The third-order valence-electron chi connectivity index (χ3n) is 6.91. The Balaban J connectivity index is 1.58.